The molecule has 0 aliphatic heterocycles. The first-order valence-corrected chi connectivity index (χ1v) is 7.66. The Morgan fingerprint density at radius 3 is 2.30 bits per heavy atom. The van der Waals surface area contributed by atoms with Gasteiger partial charge in [-0.1, -0.05) is 0 Å². The number of anilines is 1. The molecule has 23 heavy (non-hydrogen) atoms. The molecule has 120 valence electrons. The fourth-order valence-corrected chi connectivity index (χ4v) is 2.92. The Labute approximate surface area is 133 Å². The zero-order valence-corrected chi connectivity index (χ0v) is 12.6. The first-order valence-electron chi connectivity index (χ1n) is 7.66. The minimum atomic E-state index is -0.758. The number of carboxylic acids is 1. The highest BCUT2D eigenvalue weighted by Crippen LogP contribution is 2.30. The lowest BCUT2D eigenvalue weighted by Gasteiger charge is -2.25. The Balaban J connectivity index is 1.57. The highest BCUT2D eigenvalue weighted by atomic mass is 16.4. The number of benzene rings is 1. The van der Waals surface area contributed by atoms with E-state index in [1.807, 2.05) is 24.3 Å². The Morgan fingerprint density at radius 1 is 1.09 bits per heavy atom. The highest BCUT2D eigenvalue weighted by molar-refractivity contribution is 5.92. The summed E-state index contributed by atoms with van der Waals surface area (Å²) in [5.41, 5.74) is 1.61. The SMILES string of the molecule is O=C(O)C1CCC(C(=O)Nc2ccc(-c3cnco3)cc2)CC1. The van der Waals surface area contributed by atoms with Gasteiger partial charge in [-0.2, -0.15) is 0 Å². The smallest absolute Gasteiger partial charge is 0.306 e. The third kappa shape index (κ3) is 3.59. The van der Waals surface area contributed by atoms with Gasteiger partial charge in [0, 0.05) is 17.2 Å². The second-order valence-electron chi connectivity index (χ2n) is 5.82. The van der Waals surface area contributed by atoms with Crippen LogP contribution < -0.4 is 5.32 Å². The molecular weight excluding hydrogens is 296 g/mol. The second-order valence-corrected chi connectivity index (χ2v) is 5.82. The van der Waals surface area contributed by atoms with Crippen LogP contribution in [0.5, 0.6) is 0 Å². The topological polar surface area (TPSA) is 92.4 Å². The third-order valence-electron chi connectivity index (χ3n) is 4.32. The molecule has 3 rings (SSSR count). The van der Waals surface area contributed by atoms with Crippen LogP contribution in [-0.4, -0.2) is 22.0 Å². The Morgan fingerprint density at radius 2 is 1.74 bits per heavy atom. The molecule has 2 aromatic rings. The molecule has 1 aliphatic rings. The maximum atomic E-state index is 12.3. The second kappa shape index (κ2) is 6.64. The van der Waals surface area contributed by atoms with Gasteiger partial charge >= 0.3 is 5.97 Å². The molecule has 1 amide bonds. The van der Waals surface area contributed by atoms with Crippen molar-refractivity contribution >= 4 is 17.6 Å². The summed E-state index contributed by atoms with van der Waals surface area (Å²) in [4.78, 5) is 27.1. The maximum absolute atomic E-state index is 12.3. The van der Waals surface area contributed by atoms with Gasteiger partial charge in [-0.3, -0.25) is 9.59 Å². The van der Waals surface area contributed by atoms with Gasteiger partial charge in [0.25, 0.3) is 0 Å². The zero-order chi connectivity index (χ0) is 16.2. The summed E-state index contributed by atoms with van der Waals surface area (Å²) < 4.78 is 5.22. The summed E-state index contributed by atoms with van der Waals surface area (Å²) in [5, 5.41) is 11.9. The number of rotatable bonds is 4. The van der Waals surface area contributed by atoms with Crippen molar-refractivity contribution in [2.75, 3.05) is 5.32 Å². The number of carboxylic acid groups (broad SMARTS) is 1. The minimum absolute atomic E-state index is 0.0405. The van der Waals surface area contributed by atoms with E-state index in [2.05, 4.69) is 10.3 Å². The fourth-order valence-electron chi connectivity index (χ4n) is 2.92. The lowest BCUT2D eigenvalue weighted by Crippen LogP contribution is -2.29. The van der Waals surface area contributed by atoms with Crippen LogP contribution in [0.3, 0.4) is 0 Å². The molecular formula is C17H18N2O4. The number of hydrogen-bond donors (Lipinski definition) is 2. The average Bonchev–Trinajstić information content (AvgIpc) is 3.10. The van der Waals surface area contributed by atoms with E-state index in [0.717, 1.165) is 11.3 Å². The molecule has 1 aromatic carbocycles. The normalized spacial score (nSPS) is 20.9. The van der Waals surface area contributed by atoms with Crippen LogP contribution in [0.25, 0.3) is 11.3 Å². The Bertz CT molecular complexity index is 671. The van der Waals surface area contributed by atoms with E-state index in [1.165, 1.54) is 6.39 Å². The van der Waals surface area contributed by atoms with E-state index < -0.39 is 5.97 Å². The van der Waals surface area contributed by atoms with Crippen molar-refractivity contribution in [3.05, 3.63) is 36.9 Å². The lowest BCUT2D eigenvalue weighted by atomic mass is 9.81. The predicted molar refractivity (Wildman–Crippen MR) is 83.7 cm³/mol. The van der Waals surface area contributed by atoms with Crippen molar-refractivity contribution in [3.8, 4) is 11.3 Å². The van der Waals surface area contributed by atoms with Gasteiger partial charge in [0.15, 0.2) is 12.2 Å². The van der Waals surface area contributed by atoms with Crippen LogP contribution in [0.15, 0.2) is 41.3 Å². The minimum Gasteiger partial charge on any atom is -0.481 e. The number of carbonyl (C=O) groups excluding carboxylic acids is 1. The number of oxazole rings is 1. The van der Waals surface area contributed by atoms with Crippen LogP contribution in [0.2, 0.25) is 0 Å². The lowest BCUT2D eigenvalue weighted by molar-refractivity contribution is -0.143. The highest BCUT2D eigenvalue weighted by Gasteiger charge is 2.29. The molecule has 1 aromatic heterocycles. The summed E-state index contributed by atoms with van der Waals surface area (Å²) in [6.45, 7) is 0. The number of aromatic nitrogens is 1. The van der Waals surface area contributed by atoms with Gasteiger partial charge in [0.2, 0.25) is 5.91 Å². The summed E-state index contributed by atoms with van der Waals surface area (Å²) in [7, 11) is 0. The van der Waals surface area contributed by atoms with Crippen molar-refractivity contribution < 1.29 is 19.1 Å². The number of amides is 1. The summed E-state index contributed by atoms with van der Waals surface area (Å²) >= 11 is 0. The first kappa shape index (κ1) is 15.3. The maximum Gasteiger partial charge on any atom is 0.306 e. The molecule has 0 spiro atoms. The van der Waals surface area contributed by atoms with E-state index >= 15 is 0 Å². The molecule has 2 N–H and O–H groups in total. The molecule has 1 aliphatic carbocycles. The number of nitrogens with zero attached hydrogens (tertiary/aromatic N) is 1. The van der Waals surface area contributed by atoms with E-state index in [4.69, 9.17) is 9.52 Å². The summed E-state index contributed by atoms with van der Waals surface area (Å²) in [6, 6.07) is 7.35. The van der Waals surface area contributed by atoms with Crippen molar-refractivity contribution in [2.24, 2.45) is 11.8 Å². The van der Waals surface area contributed by atoms with Gasteiger partial charge < -0.3 is 14.8 Å². The Hall–Kier alpha value is -2.63. The van der Waals surface area contributed by atoms with E-state index in [0.29, 0.717) is 31.4 Å². The Kier molecular flexibility index (Phi) is 4.41. The van der Waals surface area contributed by atoms with Crippen molar-refractivity contribution in [1.29, 1.82) is 0 Å². The van der Waals surface area contributed by atoms with Crippen LogP contribution in [-0.2, 0) is 9.59 Å². The monoisotopic (exact) mass is 314 g/mol. The molecule has 6 nitrogen and oxygen atoms in total. The van der Waals surface area contributed by atoms with Crippen LogP contribution in [0, 0.1) is 11.8 Å². The largest absolute Gasteiger partial charge is 0.481 e. The number of carbonyl (C=O) groups is 2. The van der Waals surface area contributed by atoms with Crippen LogP contribution in [0.4, 0.5) is 5.69 Å². The average molecular weight is 314 g/mol. The van der Waals surface area contributed by atoms with Crippen molar-refractivity contribution in [2.45, 2.75) is 25.7 Å². The molecule has 6 heteroatoms. The van der Waals surface area contributed by atoms with Gasteiger partial charge in [-0.05, 0) is 49.9 Å². The number of nitrogens with one attached hydrogen (secondary N) is 1. The standard InChI is InChI=1S/C17H18N2O4/c20-16(12-1-3-13(4-2-12)17(21)22)19-14-7-5-11(6-8-14)15-9-18-10-23-15/h5-10,12-13H,1-4H2,(H,19,20)(H,21,22). The quantitative estimate of drug-likeness (QED) is 0.904. The van der Waals surface area contributed by atoms with Gasteiger partial charge in [-0.25, -0.2) is 4.98 Å². The molecule has 0 bridgehead atoms. The van der Waals surface area contributed by atoms with Crippen molar-refractivity contribution in [3.63, 3.8) is 0 Å². The van der Waals surface area contributed by atoms with Crippen LogP contribution >= 0.6 is 0 Å². The van der Waals surface area contributed by atoms with Crippen LogP contribution in [0.1, 0.15) is 25.7 Å². The van der Waals surface area contributed by atoms with Gasteiger partial charge in [-0.15, -0.1) is 0 Å². The molecule has 0 radical (unpaired) electrons. The van der Waals surface area contributed by atoms with Crippen molar-refractivity contribution in [1.82, 2.24) is 4.98 Å². The number of aliphatic carboxylic acids is 1. The van der Waals surface area contributed by atoms with Gasteiger partial charge in [0.05, 0.1) is 12.1 Å². The van der Waals surface area contributed by atoms with E-state index in [-0.39, 0.29) is 17.7 Å². The first-order chi connectivity index (χ1) is 11.1. The molecule has 1 fully saturated rings. The van der Waals surface area contributed by atoms with E-state index in [9.17, 15) is 9.59 Å². The summed E-state index contributed by atoms with van der Waals surface area (Å²) in [6.07, 6.45) is 5.39. The molecule has 1 heterocycles. The summed E-state index contributed by atoms with van der Waals surface area (Å²) in [5.74, 6) is -0.539. The molecule has 1 saturated carbocycles. The fraction of sp³-hybridized carbons (Fsp3) is 0.353. The molecule has 0 atom stereocenters. The molecule has 0 unspecified atom stereocenters. The number of hydrogen-bond acceptors (Lipinski definition) is 4. The van der Waals surface area contributed by atoms with Gasteiger partial charge in [0.1, 0.15) is 0 Å². The third-order valence-corrected chi connectivity index (χ3v) is 4.32. The zero-order valence-electron chi connectivity index (χ0n) is 12.6. The predicted octanol–water partition coefficient (Wildman–Crippen LogP) is 3.17. The molecule has 0 saturated heterocycles. The van der Waals surface area contributed by atoms with E-state index in [1.54, 1.807) is 6.20 Å².